The molecule has 0 N–H and O–H groups in total. The lowest BCUT2D eigenvalue weighted by molar-refractivity contribution is -0.318. The maximum Gasteiger partial charge on any atom is 0.282 e. The summed E-state index contributed by atoms with van der Waals surface area (Å²) in [4.78, 5) is 2.41. The molecule has 1 spiro atoms. The van der Waals surface area contributed by atoms with E-state index < -0.39 is 5.91 Å². The van der Waals surface area contributed by atoms with Crippen LogP contribution in [0.5, 0.6) is 0 Å². The van der Waals surface area contributed by atoms with Crippen molar-refractivity contribution in [3.63, 3.8) is 0 Å². The van der Waals surface area contributed by atoms with Crippen LogP contribution in [-0.4, -0.2) is 12.2 Å². The van der Waals surface area contributed by atoms with Gasteiger partial charge in [0.1, 0.15) is 0 Å². The zero-order valence-corrected chi connectivity index (χ0v) is 19.0. The second-order valence-electron chi connectivity index (χ2n) is 9.89. The molecule has 3 heterocycles. The van der Waals surface area contributed by atoms with Crippen molar-refractivity contribution in [1.82, 2.24) is 0 Å². The number of hydrogen-bond acceptors (Lipinski definition) is 3. The van der Waals surface area contributed by atoms with Crippen LogP contribution in [0.4, 0.5) is 5.69 Å². The van der Waals surface area contributed by atoms with Gasteiger partial charge < -0.3 is 14.4 Å². The fraction of sp³-hybridized carbons (Fsp3) is 0.481. The predicted octanol–water partition coefficient (Wildman–Crippen LogP) is 6.41. The van der Waals surface area contributed by atoms with Gasteiger partial charge in [-0.15, -0.1) is 0 Å². The zero-order valence-electron chi connectivity index (χ0n) is 19.0. The first-order chi connectivity index (χ1) is 14.3. The van der Waals surface area contributed by atoms with Crippen LogP contribution in [-0.2, 0) is 21.8 Å². The maximum absolute atomic E-state index is 6.77. The fourth-order valence-electron chi connectivity index (χ4n) is 5.71. The summed E-state index contributed by atoms with van der Waals surface area (Å²) in [6, 6.07) is 11.6. The van der Waals surface area contributed by atoms with E-state index >= 15 is 0 Å². The van der Waals surface area contributed by atoms with Gasteiger partial charge in [-0.1, -0.05) is 55.8 Å². The number of fused-ring (bicyclic) bond motifs is 7. The van der Waals surface area contributed by atoms with Gasteiger partial charge in [-0.25, -0.2) is 0 Å². The van der Waals surface area contributed by atoms with Crippen LogP contribution in [0.25, 0.3) is 6.08 Å². The van der Waals surface area contributed by atoms with Gasteiger partial charge in [0.25, 0.3) is 5.91 Å². The number of rotatable bonds is 2. The van der Waals surface area contributed by atoms with E-state index in [1.54, 1.807) is 0 Å². The number of hydrogen-bond donors (Lipinski definition) is 0. The van der Waals surface area contributed by atoms with Gasteiger partial charge in [-0.3, -0.25) is 0 Å². The Hall–Kier alpha value is -2.10. The highest BCUT2D eigenvalue weighted by Crippen LogP contribution is 2.57. The van der Waals surface area contributed by atoms with Crippen LogP contribution in [0.3, 0.4) is 0 Å². The zero-order chi connectivity index (χ0) is 21.2. The molecule has 0 bridgehead atoms. The van der Waals surface area contributed by atoms with Crippen molar-refractivity contribution in [2.75, 3.05) is 4.90 Å². The Morgan fingerprint density at radius 3 is 2.50 bits per heavy atom. The van der Waals surface area contributed by atoms with Crippen LogP contribution in [0.1, 0.15) is 73.5 Å². The molecule has 3 aliphatic rings. The first-order valence-corrected chi connectivity index (χ1v) is 11.4. The van der Waals surface area contributed by atoms with Gasteiger partial charge in [0.05, 0.1) is 18.2 Å². The molecule has 0 amide bonds. The van der Waals surface area contributed by atoms with Gasteiger partial charge in [-0.2, -0.15) is 0 Å². The molecule has 3 nitrogen and oxygen atoms in total. The third-order valence-corrected chi connectivity index (χ3v) is 6.58. The van der Waals surface area contributed by atoms with Crippen LogP contribution in [0.2, 0.25) is 0 Å². The number of anilines is 1. The summed E-state index contributed by atoms with van der Waals surface area (Å²) < 4.78 is 13.5. The Morgan fingerprint density at radius 1 is 1.07 bits per heavy atom. The first kappa shape index (κ1) is 19.8. The van der Waals surface area contributed by atoms with E-state index in [0.29, 0.717) is 5.92 Å². The van der Waals surface area contributed by atoms with Crippen LogP contribution in [0, 0.1) is 19.8 Å². The summed E-state index contributed by atoms with van der Waals surface area (Å²) in [5.41, 5.74) is 8.86. The van der Waals surface area contributed by atoms with Crippen molar-refractivity contribution in [2.24, 2.45) is 5.92 Å². The second kappa shape index (κ2) is 6.96. The summed E-state index contributed by atoms with van der Waals surface area (Å²) in [5, 5.41) is 0. The topological polar surface area (TPSA) is 21.7 Å². The van der Waals surface area contributed by atoms with E-state index in [0.717, 1.165) is 12.8 Å². The van der Waals surface area contributed by atoms with Gasteiger partial charge in [0.2, 0.25) is 0 Å². The van der Waals surface area contributed by atoms with Gasteiger partial charge >= 0.3 is 0 Å². The number of nitrogens with zero attached hydrogens (tertiary/aromatic N) is 1. The van der Waals surface area contributed by atoms with E-state index in [4.69, 9.17) is 9.47 Å². The lowest BCUT2D eigenvalue weighted by Crippen LogP contribution is -2.54. The molecule has 0 aromatic heterocycles. The van der Waals surface area contributed by atoms with Crippen molar-refractivity contribution in [3.05, 3.63) is 69.8 Å². The highest BCUT2D eigenvalue weighted by atomic mass is 16.7. The summed E-state index contributed by atoms with van der Waals surface area (Å²) in [5.74, 6) is -0.250. The highest BCUT2D eigenvalue weighted by molar-refractivity contribution is 5.77. The Bertz CT molecular complexity index is 1010. The highest BCUT2D eigenvalue weighted by Gasteiger charge is 2.57. The number of ether oxygens (including phenoxy) is 2. The molecule has 2 aromatic carbocycles. The van der Waals surface area contributed by atoms with Gasteiger partial charge in [0, 0.05) is 11.3 Å². The average Bonchev–Trinajstić information content (AvgIpc) is 2.89. The lowest BCUT2D eigenvalue weighted by atomic mass is 9.94. The van der Waals surface area contributed by atoms with Gasteiger partial charge in [0.15, 0.2) is 0 Å². The summed E-state index contributed by atoms with van der Waals surface area (Å²) in [6.07, 6.45) is 6.83. The van der Waals surface area contributed by atoms with Crippen molar-refractivity contribution in [1.29, 1.82) is 0 Å². The fourth-order valence-corrected chi connectivity index (χ4v) is 5.71. The molecule has 1 fully saturated rings. The number of aryl methyl sites for hydroxylation is 2. The lowest BCUT2D eigenvalue weighted by Gasteiger charge is -2.49. The van der Waals surface area contributed by atoms with Crippen LogP contribution >= 0.6 is 0 Å². The second-order valence-corrected chi connectivity index (χ2v) is 9.89. The Kier molecular flexibility index (Phi) is 4.61. The Morgan fingerprint density at radius 2 is 1.80 bits per heavy atom. The molecule has 5 rings (SSSR count). The minimum absolute atomic E-state index is 0.123. The third kappa shape index (κ3) is 2.94. The predicted molar refractivity (Wildman–Crippen MR) is 123 cm³/mol. The molecule has 158 valence electrons. The quantitative estimate of drug-likeness (QED) is 0.578. The molecule has 2 aromatic rings. The van der Waals surface area contributed by atoms with E-state index in [9.17, 15) is 0 Å². The molecule has 3 aliphatic heterocycles. The van der Waals surface area contributed by atoms with E-state index in [2.05, 4.69) is 88.9 Å². The molecule has 0 radical (unpaired) electrons. The van der Waals surface area contributed by atoms with E-state index in [-0.39, 0.29) is 18.2 Å². The normalized spacial score (nSPS) is 29.3. The smallest absolute Gasteiger partial charge is 0.282 e. The van der Waals surface area contributed by atoms with Crippen molar-refractivity contribution < 1.29 is 9.47 Å². The van der Waals surface area contributed by atoms with E-state index in [1.807, 2.05) is 0 Å². The SMILES string of the molecule is Cc1cc(C)c2c(c1)C1C=Cc3ccc(CC(C)C)cc3N1C21OC(C)CC(C)O1. The van der Waals surface area contributed by atoms with Gasteiger partial charge in [-0.05, 0) is 74.8 Å². The molecule has 3 unspecified atom stereocenters. The Balaban J connectivity index is 1.74. The standard InChI is InChI=1S/C27H33NO2/c1-16(2)11-21-7-8-22-9-10-24-23-13-17(3)12-18(4)26(23)27(28(24)25(22)15-21)29-19(5)14-20(6)30-27/h7-10,12-13,15-16,19-20,24H,11,14H2,1-6H3. The summed E-state index contributed by atoms with van der Waals surface area (Å²) >= 11 is 0. The van der Waals surface area contributed by atoms with Crippen molar-refractivity contribution in [2.45, 2.75) is 78.5 Å². The monoisotopic (exact) mass is 403 g/mol. The minimum Gasteiger partial charge on any atom is -0.326 e. The third-order valence-electron chi connectivity index (χ3n) is 6.58. The van der Waals surface area contributed by atoms with Crippen LogP contribution in [0.15, 0.2) is 36.4 Å². The molecular weight excluding hydrogens is 370 g/mol. The molecule has 0 aliphatic carbocycles. The van der Waals surface area contributed by atoms with Crippen molar-refractivity contribution in [3.8, 4) is 0 Å². The Labute approximate surface area is 180 Å². The molecule has 3 heteroatoms. The summed E-state index contributed by atoms with van der Waals surface area (Å²) in [6.45, 7) is 13.3. The minimum atomic E-state index is -0.870. The molecular formula is C27H33NO2. The summed E-state index contributed by atoms with van der Waals surface area (Å²) in [7, 11) is 0. The van der Waals surface area contributed by atoms with Crippen LogP contribution < -0.4 is 4.90 Å². The van der Waals surface area contributed by atoms with Crippen molar-refractivity contribution >= 4 is 11.8 Å². The maximum atomic E-state index is 6.77. The molecule has 3 atom stereocenters. The molecule has 30 heavy (non-hydrogen) atoms. The molecule has 1 saturated heterocycles. The largest absolute Gasteiger partial charge is 0.326 e. The van der Waals surface area contributed by atoms with E-state index in [1.165, 1.54) is 39.1 Å². The average molecular weight is 404 g/mol. The first-order valence-electron chi connectivity index (χ1n) is 11.4. The molecule has 0 saturated carbocycles. The number of benzene rings is 2.